The summed E-state index contributed by atoms with van der Waals surface area (Å²) in [4.78, 5) is 29.6. The Bertz CT molecular complexity index is 885. The molecule has 0 spiro atoms. The van der Waals surface area contributed by atoms with Gasteiger partial charge in [-0.3, -0.25) is 9.59 Å². The lowest BCUT2D eigenvalue weighted by Gasteiger charge is -2.33. The predicted octanol–water partition coefficient (Wildman–Crippen LogP) is 4.22. The number of nitrogens with one attached hydrogen (secondary N) is 1. The van der Waals surface area contributed by atoms with E-state index in [1.807, 2.05) is 49.4 Å². The molecule has 0 aromatic heterocycles. The van der Waals surface area contributed by atoms with Crippen LogP contribution in [0, 0.1) is 18.8 Å². The van der Waals surface area contributed by atoms with Crippen LogP contribution in [0.1, 0.15) is 31.7 Å². The molecule has 1 atom stereocenters. The summed E-state index contributed by atoms with van der Waals surface area (Å²) >= 11 is 0. The summed E-state index contributed by atoms with van der Waals surface area (Å²) in [7, 11) is 0. The average molecular weight is 392 g/mol. The molecule has 0 aliphatic carbocycles. The molecule has 2 heterocycles. The van der Waals surface area contributed by atoms with E-state index in [2.05, 4.69) is 23.2 Å². The van der Waals surface area contributed by atoms with Gasteiger partial charge in [0.15, 0.2) is 0 Å². The Morgan fingerprint density at radius 3 is 2.45 bits per heavy atom. The Hall–Kier alpha value is -2.82. The lowest BCUT2D eigenvalue weighted by atomic mass is 9.98. The second-order valence-electron chi connectivity index (χ2n) is 8.42. The third-order valence-electron chi connectivity index (χ3n) is 6.13. The first-order chi connectivity index (χ1) is 14.0. The highest BCUT2D eigenvalue weighted by Gasteiger charge is 2.35. The number of nitrogens with zero attached hydrogens (tertiary/aromatic N) is 2. The van der Waals surface area contributed by atoms with Crippen molar-refractivity contribution < 1.29 is 9.59 Å². The molecule has 0 radical (unpaired) electrons. The standard InChI is InChI=1S/C24H29N3O2/c1-17-7-9-20(10-8-17)27-16-19(15-23(27)28)24(29)25-21-5-3-4-6-22(21)26-13-11-18(2)12-14-26/h3-10,18-19H,11-16H2,1-2H3,(H,25,29)/t19-/m1/s1. The molecule has 152 valence electrons. The summed E-state index contributed by atoms with van der Waals surface area (Å²) in [6, 6.07) is 15.9. The van der Waals surface area contributed by atoms with Crippen LogP contribution in [0.4, 0.5) is 17.1 Å². The molecule has 2 aliphatic heterocycles. The number of carbonyl (C=O) groups excluding carboxylic acids is 2. The molecule has 0 saturated carbocycles. The van der Waals surface area contributed by atoms with Crippen LogP contribution in [0.25, 0.3) is 0 Å². The van der Waals surface area contributed by atoms with Crippen molar-refractivity contribution in [3.05, 3.63) is 54.1 Å². The van der Waals surface area contributed by atoms with Crippen molar-refractivity contribution in [1.82, 2.24) is 0 Å². The van der Waals surface area contributed by atoms with Gasteiger partial charge in [-0.1, -0.05) is 36.8 Å². The topological polar surface area (TPSA) is 52.7 Å². The monoisotopic (exact) mass is 391 g/mol. The van der Waals surface area contributed by atoms with E-state index >= 15 is 0 Å². The first-order valence-corrected chi connectivity index (χ1v) is 10.5. The molecular formula is C24H29N3O2. The van der Waals surface area contributed by atoms with E-state index < -0.39 is 0 Å². The van der Waals surface area contributed by atoms with E-state index in [1.165, 1.54) is 12.8 Å². The van der Waals surface area contributed by atoms with Crippen LogP contribution >= 0.6 is 0 Å². The molecule has 2 aromatic carbocycles. The summed E-state index contributed by atoms with van der Waals surface area (Å²) in [5.41, 5.74) is 3.93. The summed E-state index contributed by atoms with van der Waals surface area (Å²) in [5.74, 6) is 0.349. The largest absolute Gasteiger partial charge is 0.370 e. The zero-order chi connectivity index (χ0) is 20.4. The zero-order valence-electron chi connectivity index (χ0n) is 17.2. The van der Waals surface area contributed by atoms with Crippen molar-refractivity contribution in [2.45, 2.75) is 33.1 Å². The van der Waals surface area contributed by atoms with Gasteiger partial charge in [0.05, 0.1) is 17.3 Å². The summed E-state index contributed by atoms with van der Waals surface area (Å²) in [5, 5.41) is 3.10. The van der Waals surface area contributed by atoms with Crippen molar-refractivity contribution in [3.8, 4) is 0 Å². The van der Waals surface area contributed by atoms with E-state index in [0.717, 1.165) is 41.6 Å². The van der Waals surface area contributed by atoms with Crippen molar-refractivity contribution in [2.75, 3.05) is 34.8 Å². The second-order valence-corrected chi connectivity index (χ2v) is 8.42. The SMILES string of the molecule is Cc1ccc(N2C[C@H](C(=O)Nc3ccccc3N3CCC(C)CC3)CC2=O)cc1. The average Bonchev–Trinajstić information content (AvgIpc) is 3.12. The molecule has 2 aliphatic rings. The van der Waals surface area contributed by atoms with Gasteiger partial charge in [0.1, 0.15) is 0 Å². The minimum Gasteiger partial charge on any atom is -0.370 e. The molecule has 5 nitrogen and oxygen atoms in total. The van der Waals surface area contributed by atoms with Gasteiger partial charge in [-0.15, -0.1) is 0 Å². The highest BCUT2D eigenvalue weighted by Crippen LogP contribution is 2.31. The predicted molar refractivity (Wildman–Crippen MR) is 117 cm³/mol. The molecule has 0 unspecified atom stereocenters. The molecule has 0 bridgehead atoms. The molecule has 2 aromatic rings. The maximum Gasteiger partial charge on any atom is 0.229 e. The first kappa shape index (κ1) is 19.5. The summed E-state index contributed by atoms with van der Waals surface area (Å²) in [6.45, 7) is 6.76. The van der Waals surface area contributed by atoms with Crippen molar-refractivity contribution in [2.24, 2.45) is 11.8 Å². The quantitative estimate of drug-likeness (QED) is 0.849. The molecule has 1 N–H and O–H groups in total. The third-order valence-corrected chi connectivity index (χ3v) is 6.13. The van der Waals surface area contributed by atoms with Gasteiger partial charge < -0.3 is 15.1 Å². The van der Waals surface area contributed by atoms with Gasteiger partial charge in [0.25, 0.3) is 0 Å². The lowest BCUT2D eigenvalue weighted by molar-refractivity contribution is -0.122. The fourth-order valence-corrected chi connectivity index (χ4v) is 4.20. The molecule has 2 fully saturated rings. The summed E-state index contributed by atoms with van der Waals surface area (Å²) < 4.78 is 0. The second kappa shape index (κ2) is 8.27. The molecule has 2 saturated heterocycles. The maximum atomic E-state index is 13.0. The molecule has 5 heteroatoms. The molecule has 29 heavy (non-hydrogen) atoms. The minimum absolute atomic E-state index is 0.00677. The number of hydrogen-bond donors (Lipinski definition) is 1. The Kier molecular flexibility index (Phi) is 5.56. The summed E-state index contributed by atoms with van der Waals surface area (Å²) in [6.07, 6.45) is 2.60. The Morgan fingerprint density at radius 1 is 1.03 bits per heavy atom. The van der Waals surface area contributed by atoms with E-state index in [4.69, 9.17) is 0 Å². The minimum atomic E-state index is -0.335. The van der Waals surface area contributed by atoms with Gasteiger partial charge in [-0.2, -0.15) is 0 Å². The Balaban J connectivity index is 1.45. The number of benzene rings is 2. The van der Waals surface area contributed by atoms with E-state index in [1.54, 1.807) is 4.90 Å². The smallest absolute Gasteiger partial charge is 0.229 e. The van der Waals surface area contributed by atoms with Gasteiger partial charge in [-0.25, -0.2) is 0 Å². The number of rotatable bonds is 4. The van der Waals surface area contributed by atoms with Crippen LogP contribution in [0.5, 0.6) is 0 Å². The normalized spacial score (nSPS) is 20.2. The number of carbonyl (C=O) groups is 2. The van der Waals surface area contributed by atoms with Gasteiger partial charge in [0.2, 0.25) is 11.8 Å². The van der Waals surface area contributed by atoms with Crippen LogP contribution in [-0.4, -0.2) is 31.4 Å². The fourth-order valence-electron chi connectivity index (χ4n) is 4.20. The number of amides is 2. The van der Waals surface area contributed by atoms with Crippen molar-refractivity contribution >= 4 is 28.9 Å². The van der Waals surface area contributed by atoms with Crippen LogP contribution < -0.4 is 15.1 Å². The maximum absolute atomic E-state index is 13.0. The number of aryl methyl sites for hydroxylation is 1. The Labute approximate surface area is 172 Å². The van der Waals surface area contributed by atoms with E-state index in [-0.39, 0.29) is 24.2 Å². The van der Waals surface area contributed by atoms with Crippen LogP contribution in [-0.2, 0) is 9.59 Å². The molecule has 2 amide bonds. The van der Waals surface area contributed by atoms with E-state index in [9.17, 15) is 9.59 Å². The Morgan fingerprint density at radius 2 is 1.72 bits per heavy atom. The van der Waals surface area contributed by atoms with Crippen LogP contribution in [0.2, 0.25) is 0 Å². The van der Waals surface area contributed by atoms with Crippen LogP contribution in [0.3, 0.4) is 0 Å². The van der Waals surface area contributed by atoms with Crippen molar-refractivity contribution in [1.29, 1.82) is 0 Å². The molecular weight excluding hydrogens is 362 g/mol. The zero-order valence-corrected chi connectivity index (χ0v) is 17.2. The van der Waals surface area contributed by atoms with Crippen LogP contribution in [0.15, 0.2) is 48.5 Å². The highest BCUT2D eigenvalue weighted by atomic mass is 16.2. The van der Waals surface area contributed by atoms with Crippen molar-refractivity contribution in [3.63, 3.8) is 0 Å². The third kappa shape index (κ3) is 4.29. The number of hydrogen-bond acceptors (Lipinski definition) is 3. The van der Waals surface area contributed by atoms with E-state index in [0.29, 0.717) is 6.54 Å². The number of anilines is 3. The number of piperidine rings is 1. The van der Waals surface area contributed by atoms with Gasteiger partial charge in [-0.05, 0) is 49.9 Å². The fraction of sp³-hybridized carbons (Fsp3) is 0.417. The van der Waals surface area contributed by atoms with Gasteiger partial charge in [0, 0.05) is 31.7 Å². The number of para-hydroxylation sites is 2. The van der Waals surface area contributed by atoms with Gasteiger partial charge >= 0.3 is 0 Å². The first-order valence-electron chi connectivity index (χ1n) is 10.5. The highest BCUT2D eigenvalue weighted by molar-refractivity contribution is 6.04. The molecule has 4 rings (SSSR count). The lowest BCUT2D eigenvalue weighted by Crippen LogP contribution is -2.34.